The van der Waals surface area contributed by atoms with Gasteiger partial charge in [-0.25, -0.2) is 4.39 Å². The maximum absolute atomic E-state index is 14.8. The van der Waals surface area contributed by atoms with Crippen molar-refractivity contribution in [3.63, 3.8) is 0 Å². The fourth-order valence-corrected chi connectivity index (χ4v) is 4.79. The van der Waals surface area contributed by atoms with E-state index in [9.17, 15) is 4.39 Å². The molecule has 1 N–H and O–H groups in total. The van der Waals surface area contributed by atoms with Gasteiger partial charge in [0, 0.05) is 35.6 Å². The lowest BCUT2D eigenvalue weighted by atomic mass is 9.95. The molecule has 1 fully saturated rings. The normalized spacial score (nSPS) is 18.2. The van der Waals surface area contributed by atoms with Crippen LogP contribution in [0.15, 0.2) is 30.5 Å². The molecule has 5 rings (SSSR count). The number of piperazine rings is 1. The number of hydrogen-bond donors (Lipinski definition) is 1. The lowest BCUT2D eigenvalue weighted by Gasteiger charge is -2.42. The van der Waals surface area contributed by atoms with Crippen LogP contribution in [0.4, 0.5) is 10.1 Å². The van der Waals surface area contributed by atoms with E-state index in [1.54, 1.807) is 18.3 Å². The van der Waals surface area contributed by atoms with Gasteiger partial charge >= 0.3 is 0 Å². The summed E-state index contributed by atoms with van der Waals surface area (Å²) in [7, 11) is 1.53. The van der Waals surface area contributed by atoms with Crippen molar-refractivity contribution >= 4 is 28.2 Å². The zero-order valence-electron chi connectivity index (χ0n) is 16.3. The number of anilines is 1. The molecule has 0 amide bonds. The molecule has 0 aliphatic carbocycles. The van der Waals surface area contributed by atoms with Gasteiger partial charge in [0.2, 0.25) is 0 Å². The minimum absolute atomic E-state index is 0.271. The van der Waals surface area contributed by atoms with Crippen LogP contribution in [0.2, 0.25) is 5.02 Å². The maximum atomic E-state index is 14.8. The van der Waals surface area contributed by atoms with Crippen LogP contribution in [0, 0.1) is 12.7 Å². The number of aryl methyl sites for hydroxylation is 1. The molecule has 0 unspecified atom stereocenters. The van der Waals surface area contributed by atoms with Crippen molar-refractivity contribution in [1.82, 2.24) is 10.3 Å². The quantitative estimate of drug-likeness (QED) is 0.682. The number of rotatable bonds is 2. The third-order valence-corrected chi connectivity index (χ3v) is 6.11. The Morgan fingerprint density at radius 2 is 2.21 bits per heavy atom. The number of hydrogen-bond acceptors (Lipinski definition) is 5. The first-order valence-corrected chi connectivity index (χ1v) is 10.0. The lowest BCUT2D eigenvalue weighted by molar-refractivity contribution is 0.247. The highest BCUT2D eigenvalue weighted by molar-refractivity contribution is 6.35. The standard InChI is InChI=1S/C22H21ClFN3O2/c1-12-19(20-16(24)4-3-5-17(20)28-2)15(23)8-14-21(12)26-10-18-22(14)27-7-6-25-9-13(27)11-29-18/h3-5,8,10,13,25H,6-7,9,11H2,1-2H3/t13-/m1/s1. The van der Waals surface area contributed by atoms with Gasteiger partial charge in [0.05, 0.1) is 36.1 Å². The molecular formula is C22H21ClFN3O2. The van der Waals surface area contributed by atoms with Crippen molar-refractivity contribution in [2.45, 2.75) is 13.0 Å². The number of pyridine rings is 1. The second-order valence-electron chi connectivity index (χ2n) is 7.41. The van der Waals surface area contributed by atoms with Gasteiger partial charge in [0.1, 0.15) is 18.2 Å². The molecule has 3 heterocycles. The highest BCUT2D eigenvalue weighted by atomic mass is 35.5. The molecule has 1 saturated heterocycles. The Kier molecular flexibility index (Phi) is 4.48. The van der Waals surface area contributed by atoms with Crippen molar-refractivity contribution in [2.24, 2.45) is 0 Å². The average molecular weight is 414 g/mol. The molecule has 29 heavy (non-hydrogen) atoms. The number of nitrogens with zero attached hydrogens (tertiary/aromatic N) is 2. The Hall–Kier alpha value is -2.57. The molecule has 1 atom stereocenters. The highest BCUT2D eigenvalue weighted by Gasteiger charge is 2.32. The van der Waals surface area contributed by atoms with E-state index in [1.165, 1.54) is 13.2 Å². The second-order valence-corrected chi connectivity index (χ2v) is 7.81. The van der Waals surface area contributed by atoms with Gasteiger partial charge < -0.3 is 19.7 Å². The van der Waals surface area contributed by atoms with Crippen LogP contribution in [0.3, 0.4) is 0 Å². The summed E-state index contributed by atoms with van der Waals surface area (Å²) in [5.74, 6) is 0.831. The zero-order chi connectivity index (χ0) is 20.1. The fourth-order valence-electron chi connectivity index (χ4n) is 4.45. The number of aromatic nitrogens is 1. The van der Waals surface area contributed by atoms with Gasteiger partial charge in [0.15, 0.2) is 5.75 Å². The monoisotopic (exact) mass is 413 g/mol. The van der Waals surface area contributed by atoms with E-state index in [4.69, 9.17) is 21.1 Å². The maximum Gasteiger partial charge on any atom is 0.161 e. The third-order valence-electron chi connectivity index (χ3n) is 5.81. The highest BCUT2D eigenvalue weighted by Crippen LogP contribution is 2.46. The molecule has 0 spiro atoms. The molecule has 2 aliphatic heterocycles. The molecule has 0 radical (unpaired) electrons. The van der Waals surface area contributed by atoms with Crippen molar-refractivity contribution in [3.05, 3.63) is 46.9 Å². The van der Waals surface area contributed by atoms with Gasteiger partial charge in [-0.3, -0.25) is 4.98 Å². The van der Waals surface area contributed by atoms with E-state index in [2.05, 4.69) is 15.2 Å². The first kappa shape index (κ1) is 18.5. The van der Waals surface area contributed by atoms with Gasteiger partial charge in [-0.2, -0.15) is 0 Å². The number of ether oxygens (including phenoxy) is 2. The summed E-state index contributed by atoms with van der Waals surface area (Å²) in [6.45, 7) is 5.23. The summed E-state index contributed by atoms with van der Waals surface area (Å²) in [4.78, 5) is 7.03. The molecule has 3 aromatic rings. The molecular weight excluding hydrogens is 393 g/mol. The van der Waals surface area contributed by atoms with E-state index in [-0.39, 0.29) is 11.9 Å². The van der Waals surface area contributed by atoms with E-state index in [0.29, 0.717) is 28.5 Å². The summed E-state index contributed by atoms with van der Waals surface area (Å²) in [6.07, 6.45) is 1.76. The SMILES string of the molecule is COc1cccc(F)c1-c1c(Cl)cc2c3c(cnc2c1C)OC[C@H]1CNCCN31. The Morgan fingerprint density at radius 3 is 3.03 bits per heavy atom. The van der Waals surface area contributed by atoms with Gasteiger partial charge in [-0.15, -0.1) is 0 Å². The summed E-state index contributed by atoms with van der Waals surface area (Å²) < 4.78 is 26.2. The predicted octanol–water partition coefficient (Wildman–Crippen LogP) is 4.18. The largest absolute Gasteiger partial charge is 0.496 e. The molecule has 1 aromatic heterocycles. The van der Waals surface area contributed by atoms with Crippen molar-refractivity contribution in [2.75, 3.05) is 38.3 Å². The lowest BCUT2D eigenvalue weighted by Crippen LogP contribution is -2.55. The molecule has 2 aromatic carbocycles. The number of benzene rings is 2. The zero-order valence-corrected chi connectivity index (χ0v) is 17.0. The summed E-state index contributed by atoms with van der Waals surface area (Å²) in [6, 6.07) is 6.92. The molecule has 0 bridgehead atoms. The van der Waals surface area contributed by atoms with E-state index < -0.39 is 0 Å². The van der Waals surface area contributed by atoms with Crippen LogP contribution >= 0.6 is 11.6 Å². The topological polar surface area (TPSA) is 46.6 Å². The van der Waals surface area contributed by atoms with Crippen LogP contribution < -0.4 is 19.7 Å². The van der Waals surface area contributed by atoms with E-state index in [1.807, 2.05) is 13.0 Å². The molecule has 150 valence electrons. The number of halogens is 2. The van der Waals surface area contributed by atoms with Crippen molar-refractivity contribution in [3.8, 4) is 22.6 Å². The van der Waals surface area contributed by atoms with Gasteiger partial charge in [0.25, 0.3) is 0 Å². The van der Waals surface area contributed by atoms with Crippen molar-refractivity contribution < 1.29 is 13.9 Å². The van der Waals surface area contributed by atoms with Crippen LogP contribution in [-0.2, 0) is 0 Å². The van der Waals surface area contributed by atoms with Gasteiger partial charge in [-0.1, -0.05) is 17.7 Å². The molecule has 5 nitrogen and oxygen atoms in total. The first-order chi connectivity index (χ1) is 14.1. The minimum atomic E-state index is -0.378. The number of nitrogens with one attached hydrogen (secondary N) is 1. The Morgan fingerprint density at radius 1 is 1.34 bits per heavy atom. The number of fused-ring (bicyclic) bond motifs is 5. The van der Waals surface area contributed by atoms with E-state index in [0.717, 1.165) is 47.5 Å². The summed E-state index contributed by atoms with van der Waals surface area (Å²) >= 11 is 6.74. The van der Waals surface area contributed by atoms with Crippen LogP contribution in [0.25, 0.3) is 22.0 Å². The molecule has 0 saturated carbocycles. The Labute approximate surface area is 173 Å². The second kappa shape index (κ2) is 7.04. The Bertz CT molecular complexity index is 1120. The molecule has 2 aliphatic rings. The summed E-state index contributed by atoms with van der Waals surface area (Å²) in [5.41, 5.74) is 3.59. The van der Waals surface area contributed by atoms with Crippen LogP contribution in [0.1, 0.15) is 5.56 Å². The molecule has 7 heteroatoms. The van der Waals surface area contributed by atoms with Crippen molar-refractivity contribution in [1.29, 1.82) is 0 Å². The fraction of sp³-hybridized carbons (Fsp3) is 0.318. The smallest absolute Gasteiger partial charge is 0.161 e. The minimum Gasteiger partial charge on any atom is -0.496 e. The summed E-state index contributed by atoms with van der Waals surface area (Å²) in [5, 5.41) is 4.81. The number of methoxy groups -OCH3 is 1. The van der Waals surface area contributed by atoms with Crippen LogP contribution in [0.5, 0.6) is 11.5 Å². The Balaban J connectivity index is 1.78. The van der Waals surface area contributed by atoms with Gasteiger partial charge in [-0.05, 0) is 30.7 Å². The van der Waals surface area contributed by atoms with Crippen LogP contribution in [-0.4, -0.2) is 44.4 Å². The average Bonchev–Trinajstić information content (AvgIpc) is 2.74. The predicted molar refractivity (Wildman–Crippen MR) is 113 cm³/mol. The first-order valence-electron chi connectivity index (χ1n) is 9.65. The third kappa shape index (κ3) is 2.81. The van der Waals surface area contributed by atoms with E-state index >= 15 is 0 Å².